The highest BCUT2D eigenvalue weighted by molar-refractivity contribution is 5.78. The van der Waals surface area contributed by atoms with Gasteiger partial charge in [0.1, 0.15) is 0 Å². The molecule has 0 aromatic heterocycles. The van der Waals surface area contributed by atoms with Gasteiger partial charge >= 0.3 is 6.18 Å². The van der Waals surface area contributed by atoms with E-state index in [0.29, 0.717) is 44.5 Å². The van der Waals surface area contributed by atoms with Crippen LogP contribution in [0.15, 0.2) is 24.3 Å². The summed E-state index contributed by atoms with van der Waals surface area (Å²) in [5, 5.41) is 0. The molecule has 0 N–H and O–H groups in total. The zero-order chi connectivity index (χ0) is 21.0. The predicted molar refractivity (Wildman–Crippen MR) is 108 cm³/mol. The van der Waals surface area contributed by atoms with Crippen LogP contribution < -0.4 is 4.90 Å². The minimum Gasteiger partial charge on any atom is -0.369 e. The Morgan fingerprint density at radius 2 is 1.69 bits per heavy atom. The molecular formula is C21H31F3N4O. The van der Waals surface area contributed by atoms with Gasteiger partial charge in [-0.2, -0.15) is 13.2 Å². The van der Waals surface area contributed by atoms with Gasteiger partial charge in [0.05, 0.1) is 12.1 Å². The van der Waals surface area contributed by atoms with E-state index >= 15 is 0 Å². The Bertz CT molecular complexity index is 681. The second-order valence-corrected chi connectivity index (χ2v) is 7.99. The van der Waals surface area contributed by atoms with Crippen LogP contribution in [0.3, 0.4) is 0 Å². The molecule has 2 aliphatic rings. The quantitative estimate of drug-likeness (QED) is 0.744. The molecule has 3 rings (SSSR count). The highest BCUT2D eigenvalue weighted by Crippen LogP contribution is 2.31. The molecule has 1 unspecified atom stereocenters. The van der Waals surface area contributed by atoms with Gasteiger partial charge in [-0.25, -0.2) is 0 Å². The summed E-state index contributed by atoms with van der Waals surface area (Å²) in [6, 6.07) is 6.02. The van der Waals surface area contributed by atoms with Gasteiger partial charge in [0.2, 0.25) is 5.91 Å². The van der Waals surface area contributed by atoms with Crippen LogP contribution in [0.5, 0.6) is 0 Å². The van der Waals surface area contributed by atoms with Crippen molar-refractivity contribution in [2.75, 3.05) is 63.8 Å². The van der Waals surface area contributed by atoms with Crippen molar-refractivity contribution in [3.63, 3.8) is 0 Å². The van der Waals surface area contributed by atoms with Crippen molar-refractivity contribution in [2.24, 2.45) is 0 Å². The van der Waals surface area contributed by atoms with Gasteiger partial charge in [-0.1, -0.05) is 13.0 Å². The van der Waals surface area contributed by atoms with E-state index in [-0.39, 0.29) is 5.91 Å². The number of halogens is 3. The van der Waals surface area contributed by atoms with Crippen LogP contribution in [0.2, 0.25) is 0 Å². The van der Waals surface area contributed by atoms with Gasteiger partial charge in [0.25, 0.3) is 0 Å². The van der Waals surface area contributed by atoms with Gasteiger partial charge in [0.15, 0.2) is 0 Å². The molecule has 1 amide bonds. The minimum atomic E-state index is -4.33. The fourth-order valence-corrected chi connectivity index (χ4v) is 4.00. The van der Waals surface area contributed by atoms with E-state index in [9.17, 15) is 18.0 Å². The lowest BCUT2D eigenvalue weighted by Gasteiger charge is -2.40. The number of alkyl halides is 3. The summed E-state index contributed by atoms with van der Waals surface area (Å²) >= 11 is 0. The van der Waals surface area contributed by atoms with Crippen LogP contribution >= 0.6 is 0 Å². The third-order valence-corrected chi connectivity index (χ3v) is 6.15. The van der Waals surface area contributed by atoms with Gasteiger partial charge in [-0.15, -0.1) is 0 Å². The highest BCUT2D eigenvalue weighted by Gasteiger charge is 2.31. The number of piperazine rings is 2. The molecule has 0 radical (unpaired) electrons. The number of nitrogens with zero attached hydrogens (tertiary/aromatic N) is 4. The van der Waals surface area contributed by atoms with Crippen molar-refractivity contribution in [3.8, 4) is 0 Å². The number of rotatable bonds is 5. The van der Waals surface area contributed by atoms with Crippen molar-refractivity contribution in [1.82, 2.24) is 14.7 Å². The van der Waals surface area contributed by atoms with Crippen LogP contribution in [0, 0.1) is 0 Å². The zero-order valence-corrected chi connectivity index (χ0v) is 17.3. The van der Waals surface area contributed by atoms with Crippen molar-refractivity contribution in [3.05, 3.63) is 29.8 Å². The SMILES string of the molecule is CCC(C)N1CCN(C(=O)CN2CCN(c3cccc(C(F)(F)F)c3)CC2)CC1. The second-order valence-electron chi connectivity index (χ2n) is 7.99. The Labute approximate surface area is 171 Å². The number of benzene rings is 1. The standard InChI is InChI=1S/C21H31F3N4O/c1-3-17(2)26-11-13-28(14-12-26)20(29)16-25-7-9-27(10-8-25)19-6-4-5-18(15-19)21(22,23)24/h4-6,15,17H,3,7-14,16H2,1-2H3. The molecular weight excluding hydrogens is 381 g/mol. The first-order valence-corrected chi connectivity index (χ1v) is 10.4. The Kier molecular flexibility index (Phi) is 7.05. The summed E-state index contributed by atoms with van der Waals surface area (Å²) in [4.78, 5) is 21.1. The van der Waals surface area contributed by atoms with E-state index < -0.39 is 11.7 Å². The third-order valence-electron chi connectivity index (χ3n) is 6.15. The molecule has 8 heteroatoms. The van der Waals surface area contributed by atoms with E-state index in [2.05, 4.69) is 23.6 Å². The van der Waals surface area contributed by atoms with Crippen LogP contribution in [0.1, 0.15) is 25.8 Å². The summed E-state index contributed by atoms with van der Waals surface area (Å²) in [6.07, 6.45) is -3.21. The molecule has 2 fully saturated rings. The molecule has 29 heavy (non-hydrogen) atoms. The van der Waals surface area contributed by atoms with Crippen LogP contribution in [-0.4, -0.2) is 85.6 Å². The first-order chi connectivity index (χ1) is 13.8. The maximum absolute atomic E-state index is 12.9. The summed E-state index contributed by atoms with van der Waals surface area (Å²) in [6.45, 7) is 10.8. The number of amides is 1. The lowest BCUT2D eigenvalue weighted by Crippen LogP contribution is -2.55. The van der Waals surface area contributed by atoms with Crippen molar-refractivity contribution in [2.45, 2.75) is 32.5 Å². The van der Waals surface area contributed by atoms with Crippen molar-refractivity contribution in [1.29, 1.82) is 0 Å². The summed E-state index contributed by atoms with van der Waals surface area (Å²) in [5.74, 6) is 0.154. The lowest BCUT2D eigenvalue weighted by atomic mass is 10.1. The fraction of sp³-hybridized carbons (Fsp3) is 0.667. The van der Waals surface area contributed by atoms with Crippen molar-refractivity contribution >= 4 is 11.6 Å². The maximum Gasteiger partial charge on any atom is 0.416 e. The molecule has 5 nitrogen and oxygen atoms in total. The Balaban J connectivity index is 1.46. The number of carbonyl (C=O) groups excluding carboxylic acids is 1. The number of carbonyl (C=O) groups is 1. The zero-order valence-electron chi connectivity index (χ0n) is 17.3. The van der Waals surface area contributed by atoms with E-state index in [1.165, 1.54) is 12.1 Å². The summed E-state index contributed by atoms with van der Waals surface area (Å²) in [5.41, 5.74) is -0.0314. The number of hydrogen-bond donors (Lipinski definition) is 0. The van der Waals surface area contributed by atoms with Crippen LogP contribution in [0.4, 0.5) is 18.9 Å². The number of hydrogen-bond acceptors (Lipinski definition) is 4. The molecule has 0 spiro atoms. The topological polar surface area (TPSA) is 30.0 Å². The fourth-order valence-electron chi connectivity index (χ4n) is 4.00. The second kappa shape index (κ2) is 9.34. The molecule has 1 aromatic carbocycles. The molecule has 0 bridgehead atoms. The third kappa shape index (κ3) is 5.63. The molecule has 0 saturated carbocycles. The Morgan fingerprint density at radius 1 is 1.03 bits per heavy atom. The molecule has 0 aliphatic carbocycles. The largest absolute Gasteiger partial charge is 0.416 e. The van der Waals surface area contributed by atoms with Gasteiger partial charge < -0.3 is 9.80 Å². The van der Waals surface area contributed by atoms with Crippen LogP contribution in [-0.2, 0) is 11.0 Å². The van der Waals surface area contributed by atoms with E-state index in [1.54, 1.807) is 6.07 Å². The Morgan fingerprint density at radius 3 is 2.28 bits per heavy atom. The van der Waals surface area contributed by atoms with Gasteiger partial charge in [0, 0.05) is 64.1 Å². The monoisotopic (exact) mass is 412 g/mol. The van der Waals surface area contributed by atoms with Gasteiger partial charge in [-0.05, 0) is 31.5 Å². The van der Waals surface area contributed by atoms with E-state index in [0.717, 1.165) is 38.7 Å². The molecule has 2 saturated heterocycles. The first-order valence-electron chi connectivity index (χ1n) is 10.4. The Hall–Kier alpha value is -1.80. The summed E-state index contributed by atoms with van der Waals surface area (Å²) < 4.78 is 38.8. The van der Waals surface area contributed by atoms with Crippen LogP contribution in [0.25, 0.3) is 0 Å². The minimum absolute atomic E-state index is 0.154. The average Bonchev–Trinajstić information content (AvgIpc) is 2.73. The smallest absolute Gasteiger partial charge is 0.369 e. The first kappa shape index (κ1) is 21.9. The van der Waals surface area contributed by atoms with Crippen molar-refractivity contribution < 1.29 is 18.0 Å². The molecule has 2 aliphatic heterocycles. The molecule has 162 valence electrons. The normalized spacial score (nSPS) is 20.7. The van der Waals surface area contributed by atoms with E-state index in [1.807, 2.05) is 9.80 Å². The highest BCUT2D eigenvalue weighted by atomic mass is 19.4. The molecule has 2 heterocycles. The molecule has 1 atom stereocenters. The summed E-state index contributed by atoms with van der Waals surface area (Å²) in [7, 11) is 0. The lowest BCUT2D eigenvalue weighted by molar-refractivity contribution is -0.137. The van der Waals surface area contributed by atoms with Gasteiger partial charge in [-0.3, -0.25) is 14.6 Å². The predicted octanol–water partition coefficient (Wildman–Crippen LogP) is 2.77. The molecule has 1 aromatic rings. The van der Waals surface area contributed by atoms with E-state index in [4.69, 9.17) is 0 Å². The maximum atomic E-state index is 12.9. The average molecular weight is 413 g/mol. The number of anilines is 1.